The normalized spacial score (nSPS) is 14.5. The summed E-state index contributed by atoms with van der Waals surface area (Å²) in [6.07, 6.45) is -3.71. The number of carbonyl (C=O) groups is 2. The lowest BCUT2D eigenvalue weighted by atomic mass is 9.90. The van der Waals surface area contributed by atoms with E-state index in [1.54, 1.807) is 18.2 Å². The van der Waals surface area contributed by atoms with Crippen molar-refractivity contribution < 1.29 is 27.9 Å². The fourth-order valence-corrected chi connectivity index (χ4v) is 2.40. The van der Waals surface area contributed by atoms with Gasteiger partial charge in [-0.15, -0.1) is 0 Å². The number of rotatable bonds is 4. The zero-order valence-electron chi connectivity index (χ0n) is 11.4. The Kier molecular flexibility index (Phi) is 4.11. The number of aliphatic carboxylic acids is 1. The van der Waals surface area contributed by atoms with E-state index in [1.807, 2.05) is 5.32 Å². The predicted molar refractivity (Wildman–Crippen MR) is 72.3 cm³/mol. The number of aromatic amines is 1. The summed E-state index contributed by atoms with van der Waals surface area (Å²) < 4.78 is 40.3. The molecule has 1 amide bonds. The predicted octanol–water partition coefficient (Wildman–Crippen LogP) is 2.40. The van der Waals surface area contributed by atoms with Crippen LogP contribution in [-0.2, 0) is 9.59 Å². The van der Waals surface area contributed by atoms with Crippen molar-refractivity contribution in [3.05, 3.63) is 36.0 Å². The van der Waals surface area contributed by atoms with Gasteiger partial charge in [-0.3, -0.25) is 4.79 Å². The van der Waals surface area contributed by atoms with Gasteiger partial charge in [0.25, 0.3) is 0 Å². The molecule has 2 rings (SSSR count). The number of carbonyl (C=O) groups excluding carboxylic acids is 1. The zero-order valence-corrected chi connectivity index (χ0v) is 11.4. The minimum atomic E-state index is -4.84. The van der Waals surface area contributed by atoms with Crippen molar-refractivity contribution in [2.75, 3.05) is 0 Å². The van der Waals surface area contributed by atoms with Crippen LogP contribution in [0, 0.1) is 0 Å². The first-order valence-corrected chi connectivity index (χ1v) is 6.34. The molecule has 0 spiro atoms. The van der Waals surface area contributed by atoms with Crippen molar-refractivity contribution in [3.8, 4) is 0 Å². The molecule has 0 radical (unpaired) electrons. The lowest BCUT2D eigenvalue weighted by Crippen LogP contribution is -2.48. The monoisotopic (exact) mass is 314 g/mol. The number of para-hydroxylation sites is 1. The summed E-state index contributed by atoms with van der Waals surface area (Å²) in [4.78, 5) is 25.0. The highest BCUT2D eigenvalue weighted by molar-refractivity contribution is 5.87. The van der Waals surface area contributed by atoms with Crippen LogP contribution in [0.4, 0.5) is 13.2 Å². The highest BCUT2D eigenvalue weighted by Crippen LogP contribution is 2.40. The third kappa shape index (κ3) is 3.05. The van der Waals surface area contributed by atoms with E-state index in [-0.39, 0.29) is 10.9 Å². The Morgan fingerprint density at radius 2 is 1.91 bits per heavy atom. The van der Waals surface area contributed by atoms with Crippen LogP contribution in [0.25, 0.3) is 10.9 Å². The second-order valence-electron chi connectivity index (χ2n) is 4.83. The lowest BCUT2D eigenvalue weighted by Gasteiger charge is -2.26. The maximum absolute atomic E-state index is 13.4. The molecule has 8 heteroatoms. The van der Waals surface area contributed by atoms with Crippen LogP contribution in [-0.4, -0.2) is 34.2 Å². The fourth-order valence-electron chi connectivity index (χ4n) is 2.40. The van der Waals surface area contributed by atoms with Crippen molar-refractivity contribution >= 4 is 22.8 Å². The molecule has 1 aromatic heterocycles. The van der Waals surface area contributed by atoms with E-state index >= 15 is 0 Å². The Hall–Kier alpha value is -2.51. The molecule has 1 unspecified atom stereocenters. The Morgan fingerprint density at radius 1 is 1.27 bits per heavy atom. The second-order valence-corrected chi connectivity index (χ2v) is 4.83. The van der Waals surface area contributed by atoms with Gasteiger partial charge in [-0.05, 0) is 11.6 Å². The largest absolute Gasteiger partial charge is 0.480 e. The SMILES string of the molecule is CC(=O)N[C@H](C(=O)O)C(c1c[nH]c2ccccc12)C(F)(F)F. The van der Waals surface area contributed by atoms with Gasteiger partial charge < -0.3 is 15.4 Å². The number of H-pyrrole nitrogens is 1. The summed E-state index contributed by atoms with van der Waals surface area (Å²) in [6, 6.07) is 4.15. The molecule has 0 bridgehead atoms. The third-order valence-corrected chi connectivity index (χ3v) is 3.27. The first-order chi connectivity index (χ1) is 10.2. The molecule has 0 aliphatic carbocycles. The molecule has 0 aliphatic heterocycles. The molecule has 2 atom stereocenters. The molecule has 5 nitrogen and oxygen atoms in total. The quantitative estimate of drug-likeness (QED) is 0.810. The number of fused-ring (bicyclic) bond motifs is 1. The van der Waals surface area contributed by atoms with Gasteiger partial charge >= 0.3 is 12.1 Å². The molecule has 0 aliphatic rings. The van der Waals surface area contributed by atoms with Crippen molar-refractivity contribution in [3.63, 3.8) is 0 Å². The molecule has 3 N–H and O–H groups in total. The minimum absolute atomic E-state index is 0.218. The van der Waals surface area contributed by atoms with E-state index in [0.29, 0.717) is 5.52 Å². The average molecular weight is 314 g/mol. The van der Waals surface area contributed by atoms with Crippen LogP contribution >= 0.6 is 0 Å². The number of nitrogens with one attached hydrogen (secondary N) is 2. The van der Waals surface area contributed by atoms with Crippen LogP contribution in [0.5, 0.6) is 0 Å². The average Bonchev–Trinajstić information content (AvgIpc) is 2.80. The number of amides is 1. The van der Waals surface area contributed by atoms with Gasteiger partial charge in [0.1, 0.15) is 12.0 Å². The number of alkyl halides is 3. The topological polar surface area (TPSA) is 82.2 Å². The zero-order chi connectivity index (χ0) is 16.5. The smallest absolute Gasteiger partial charge is 0.398 e. The van der Waals surface area contributed by atoms with Gasteiger partial charge in [0.2, 0.25) is 5.91 Å². The number of carboxylic acid groups (broad SMARTS) is 1. The molecule has 1 heterocycles. The second kappa shape index (κ2) is 5.70. The number of hydrogen-bond acceptors (Lipinski definition) is 2. The Labute approximate surface area is 123 Å². The first kappa shape index (κ1) is 15.9. The number of benzene rings is 1. The highest BCUT2D eigenvalue weighted by Gasteiger charge is 2.50. The van der Waals surface area contributed by atoms with E-state index < -0.39 is 30.0 Å². The Bertz CT molecular complexity index is 709. The summed E-state index contributed by atoms with van der Waals surface area (Å²) >= 11 is 0. The standard InChI is InChI=1S/C14H13F3N2O3/c1-7(20)19-12(13(21)22)11(14(15,16)17)9-6-18-10-5-3-2-4-8(9)10/h2-6,11-12,18H,1H3,(H,19,20)(H,21,22)/t11?,12-/m0/s1. The van der Waals surface area contributed by atoms with Crippen molar-refractivity contribution in [1.29, 1.82) is 0 Å². The van der Waals surface area contributed by atoms with E-state index in [9.17, 15) is 22.8 Å². The van der Waals surface area contributed by atoms with Crippen LogP contribution in [0.15, 0.2) is 30.5 Å². The Morgan fingerprint density at radius 3 is 2.45 bits per heavy atom. The van der Waals surface area contributed by atoms with E-state index in [0.717, 1.165) is 13.1 Å². The molecule has 2 aromatic rings. The van der Waals surface area contributed by atoms with Gasteiger partial charge in [-0.2, -0.15) is 13.2 Å². The van der Waals surface area contributed by atoms with E-state index in [1.165, 1.54) is 6.07 Å². The number of carboxylic acids is 1. The molecule has 0 fully saturated rings. The third-order valence-electron chi connectivity index (χ3n) is 3.27. The number of aromatic nitrogens is 1. The molecular weight excluding hydrogens is 301 g/mol. The summed E-state index contributed by atoms with van der Waals surface area (Å²) in [7, 11) is 0. The van der Waals surface area contributed by atoms with Gasteiger partial charge in [-0.25, -0.2) is 4.79 Å². The van der Waals surface area contributed by atoms with E-state index in [4.69, 9.17) is 5.11 Å². The molecule has 1 aromatic carbocycles. The first-order valence-electron chi connectivity index (χ1n) is 6.34. The van der Waals surface area contributed by atoms with Crippen molar-refractivity contribution in [2.45, 2.75) is 25.1 Å². The molecule has 0 saturated carbocycles. The van der Waals surface area contributed by atoms with Gasteiger partial charge in [0.15, 0.2) is 0 Å². The fraction of sp³-hybridized carbons (Fsp3) is 0.286. The van der Waals surface area contributed by atoms with Crippen LogP contribution in [0.3, 0.4) is 0 Å². The van der Waals surface area contributed by atoms with Gasteiger partial charge in [-0.1, -0.05) is 18.2 Å². The van der Waals surface area contributed by atoms with E-state index in [2.05, 4.69) is 4.98 Å². The van der Waals surface area contributed by atoms with Crippen LogP contribution < -0.4 is 5.32 Å². The molecule has 22 heavy (non-hydrogen) atoms. The maximum Gasteiger partial charge on any atom is 0.398 e. The van der Waals surface area contributed by atoms with Crippen LogP contribution in [0.1, 0.15) is 18.4 Å². The molecular formula is C14H13F3N2O3. The highest BCUT2D eigenvalue weighted by atomic mass is 19.4. The number of halogens is 3. The maximum atomic E-state index is 13.4. The van der Waals surface area contributed by atoms with Gasteiger partial charge in [0, 0.05) is 24.0 Å². The van der Waals surface area contributed by atoms with Gasteiger partial charge in [0.05, 0.1) is 0 Å². The summed E-state index contributed by atoms with van der Waals surface area (Å²) in [5, 5.41) is 11.2. The summed E-state index contributed by atoms with van der Waals surface area (Å²) in [5.41, 5.74) is 0.239. The minimum Gasteiger partial charge on any atom is -0.480 e. The Balaban J connectivity index is 2.59. The van der Waals surface area contributed by atoms with Crippen molar-refractivity contribution in [2.24, 2.45) is 0 Å². The number of hydrogen-bond donors (Lipinski definition) is 3. The lowest BCUT2D eigenvalue weighted by molar-refractivity contribution is -0.170. The van der Waals surface area contributed by atoms with Crippen molar-refractivity contribution in [1.82, 2.24) is 10.3 Å². The molecule has 118 valence electrons. The van der Waals surface area contributed by atoms with Crippen LogP contribution in [0.2, 0.25) is 0 Å². The summed E-state index contributed by atoms with van der Waals surface area (Å²) in [6.45, 7) is 0.971. The molecule has 0 saturated heterocycles. The summed E-state index contributed by atoms with van der Waals surface area (Å²) in [5.74, 6) is -4.95.